The monoisotopic (exact) mass is 191 g/mol. The zero-order valence-corrected chi connectivity index (χ0v) is 8.03. The fraction of sp³-hybridized carbons (Fsp3) is 0.300. The maximum Gasteiger partial charge on any atom is 0.120 e. The Hall–Kier alpha value is -1.55. The van der Waals surface area contributed by atoms with Crippen LogP contribution >= 0.6 is 0 Å². The van der Waals surface area contributed by atoms with Crippen LogP contribution in [0.1, 0.15) is 24.4 Å². The number of rotatable bonds is 4. The summed E-state index contributed by atoms with van der Waals surface area (Å²) in [4.78, 5) is 6.98. The Labute approximate surface area is 82.4 Å². The third kappa shape index (κ3) is 2.03. The molecule has 4 nitrogen and oxygen atoms in total. The molecule has 0 spiro atoms. The van der Waals surface area contributed by atoms with Gasteiger partial charge in [0.25, 0.3) is 0 Å². The molecule has 14 heavy (non-hydrogen) atoms. The van der Waals surface area contributed by atoms with Crippen molar-refractivity contribution < 1.29 is 4.42 Å². The number of aromatic nitrogens is 2. The summed E-state index contributed by atoms with van der Waals surface area (Å²) < 4.78 is 5.28. The van der Waals surface area contributed by atoms with E-state index in [1.807, 2.05) is 18.3 Å². The Morgan fingerprint density at radius 1 is 1.64 bits per heavy atom. The van der Waals surface area contributed by atoms with Crippen molar-refractivity contribution in [3.8, 4) is 0 Å². The van der Waals surface area contributed by atoms with Crippen molar-refractivity contribution in [2.45, 2.75) is 19.5 Å². The fourth-order valence-electron chi connectivity index (χ4n) is 1.28. The highest BCUT2D eigenvalue weighted by Crippen LogP contribution is 2.12. The first kappa shape index (κ1) is 9.02. The van der Waals surface area contributed by atoms with E-state index in [1.54, 1.807) is 12.6 Å². The molecule has 0 aliphatic heterocycles. The van der Waals surface area contributed by atoms with E-state index in [-0.39, 0.29) is 6.04 Å². The van der Waals surface area contributed by atoms with Crippen LogP contribution in [0.2, 0.25) is 0 Å². The maximum atomic E-state index is 5.28. The van der Waals surface area contributed by atoms with E-state index < -0.39 is 0 Å². The summed E-state index contributed by atoms with van der Waals surface area (Å²) >= 11 is 0. The lowest BCUT2D eigenvalue weighted by Gasteiger charge is -2.09. The lowest BCUT2D eigenvalue weighted by Crippen LogP contribution is -2.17. The van der Waals surface area contributed by atoms with Gasteiger partial charge in [-0.3, -0.25) is 0 Å². The molecule has 0 saturated carbocycles. The van der Waals surface area contributed by atoms with Gasteiger partial charge in [0.15, 0.2) is 0 Å². The normalized spacial score (nSPS) is 12.9. The van der Waals surface area contributed by atoms with Crippen LogP contribution in [0.15, 0.2) is 35.3 Å². The minimum Gasteiger partial charge on any atom is -0.468 e. The summed E-state index contributed by atoms with van der Waals surface area (Å²) in [5.74, 6) is 0.949. The lowest BCUT2D eigenvalue weighted by molar-refractivity contribution is 0.429. The second-order valence-electron chi connectivity index (χ2n) is 3.19. The molecule has 0 saturated heterocycles. The third-order valence-corrected chi connectivity index (χ3v) is 2.12. The molecule has 74 valence electrons. The van der Waals surface area contributed by atoms with Gasteiger partial charge in [0, 0.05) is 18.4 Å². The molecule has 4 heteroatoms. The molecule has 0 aromatic carbocycles. The molecular weight excluding hydrogens is 178 g/mol. The summed E-state index contributed by atoms with van der Waals surface area (Å²) in [5.41, 5.74) is 1.07. The van der Waals surface area contributed by atoms with Crippen LogP contribution in [-0.4, -0.2) is 9.97 Å². The zero-order valence-electron chi connectivity index (χ0n) is 8.03. The Kier molecular flexibility index (Phi) is 2.65. The van der Waals surface area contributed by atoms with Crippen molar-refractivity contribution in [2.75, 3.05) is 0 Å². The van der Waals surface area contributed by atoms with Crippen LogP contribution < -0.4 is 5.32 Å². The van der Waals surface area contributed by atoms with Crippen molar-refractivity contribution in [1.29, 1.82) is 0 Å². The molecule has 0 amide bonds. The number of furan rings is 1. The van der Waals surface area contributed by atoms with E-state index in [0.717, 1.165) is 18.0 Å². The Morgan fingerprint density at radius 2 is 2.57 bits per heavy atom. The summed E-state index contributed by atoms with van der Waals surface area (Å²) in [7, 11) is 0. The van der Waals surface area contributed by atoms with E-state index in [4.69, 9.17) is 4.42 Å². The van der Waals surface area contributed by atoms with E-state index in [0.29, 0.717) is 0 Å². The molecule has 0 aliphatic carbocycles. The van der Waals surface area contributed by atoms with Gasteiger partial charge in [-0.15, -0.1) is 0 Å². The van der Waals surface area contributed by atoms with Crippen molar-refractivity contribution in [3.63, 3.8) is 0 Å². The standard InChI is InChI=1S/C10H13N3O/c1-8(10-3-2-4-14-10)12-6-9-5-11-7-13-9/h2-5,7-8,12H,6H2,1H3,(H,11,13)/t8-/m0/s1. The van der Waals surface area contributed by atoms with E-state index in [2.05, 4.69) is 22.2 Å². The van der Waals surface area contributed by atoms with Crippen LogP contribution in [0, 0.1) is 0 Å². The van der Waals surface area contributed by atoms with Crippen molar-refractivity contribution >= 4 is 0 Å². The molecular formula is C10H13N3O. The van der Waals surface area contributed by atoms with Gasteiger partial charge in [-0.1, -0.05) is 0 Å². The highest BCUT2D eigenvalue weighted by atomic mass is 16.3. The topological polar surface area (TPSA) is 53.9 Å². The zero-order chi connectivity index (χ0) is 9.80. The number of aromatic amines is 1. The van der Waals surface area contributed by atoms with Crippen molar-refractivity contribution in [2.24, 2.45) is 0 Å². The molecule has 2 rings (SSSR count). The summed E-state index contributed by atoms with van der Waals surface area (Å²) in [6, 6.07) is 4.07. The molecule has 2 heterocycles. The largest absolute Gasteiger partial charge is 0.468 e. The minimum absolute atomic E-state index is 0.216. The van der Waals surface area contributed by atoms with E-state index in [1.165, 1.54) is 0 Å². The predicted octanol–water partition coefficient (Wildman–Crippen LogP) is 1.85. The molecule has 2 aromatic rings. The van der Waals surface area contributed by atoms with Crippen LogP contribution in [0.5, 0.6) is 0 Å². The first-order valence-electron chi connectivity index (χ1n) is 4.60. The number of nitrogens with one attached hydrogen (secondary N) is 2. The molecule has 0 bridgehead atoms. The van der Waals surface area contributed by atoms with E-state index in [9.17, 15) is 0 Å². The first-order chi connectivity index (χ1) is 6.86. The van der Waals surface area contributed by atoms with Crippen LogP contribution in [0.3, 0.4) is 0 Å². The average molecular weight is 191 g/mol. The smallest absolute Gasteiger partial charge is 0.120 e. The number of nitrogens with zero attached hydrogens (tertiary/aromatic N) is 1. The molecule has 2 aromatic heterocycles. The Bertz CT molecular complexity index is 353. The molecule has 2 N–H and O–H groups in total. The average Bonchev–Trinajstić information content (AvgIpc) is 2.87. The van der Waals surface area contributed by atoms with Gasteiger partial charge in [-0.25, -0.2) is 4.98 Å². The van der Waals surface area contributed by atoms with Gasteiger partial charge < -0.3 is 14.7 Å². The highest BCUT2D eigenvalue weighted by molar-refractivity contribution is 5.04. The molecule has 0 fully saturated rings. The van der Waals surface area contributed by atoms with E-state index >= 15 is 0 Å². The Balaban J connectivity index is 1.87. The molecule has 1 atom stereocenters. The number of imidazole rings is 1. The first-order valence-corrected chi connectivity index (χ1v) is 4.60. The van der Waals surface area contributed by atoms with Gasteiger partial charge >= 0.3 is 0 Å². The SMILES string of the molecule is C[C@H](NCc1cnc[nH]1)c1ccco1. The summed E-state index contributed by atoms with van der Waals surface area (Å²) in [6.45, 7) is 2.83. The second kappa shape index (κ2) is 4.11. The van der Waals surface area contributed by atoms with Crippen LogP contribution in [-0.2, 0) is 6.54 Å². The van der Waals surface area contributed by atoms with Crippen molar-refractivity contribution in [1.82, 2.24) is 15.3 Å². The maximum absolute atomic E-state index is 5.28. The van der Waals surface area contributed by atoms with Gasteiger partial charge in [-0.2, -0.15) is 0 Å². The highest BCUT2D eigenvalue weighted by Gasteiger charge is 2.06. The number of H-pyrrole nitrogens is 1. The second-order valence-corrected chi connectivity index (χ2v) is 3.19. The number of hydrogen-bond acceptors (Lipinski definition) is 3. The van der Waals surface area contributed by atoms with Crippen LogP contribution in [0.4, 0.5) is 0 Å². The summed E-state index contributed by atoms with van der Waals surface area (Å²) in [6.07, 6.45) is 5.17. The van der Waals surface area contributed by atoms with Crippen molar-refractivity contribution in [3.05, 3.63) is 42.4 Å². The third-order valence-electron chi connectivity index (χ3n) is 2.12. The van der Waals surface area contributed by atoms with Gasteiger partial charge in [0.05, 0.1) is 18.6 Å². The van der Waals surface area contributed by atoms with Gasteiger partial charge in [-0.05, 0) is 19.1 Å². The Morgan fingerprint density at radius 3 is 3.21 bits per heavy atom. The molecule has 0 radical (unpaired) electrons. The molecule has 0 aliphatic rings. The fourth-order valence-corrected chi connectivity index (χ4v) is 1.28. The molecule has 0 unspecified atom stereocenters. The van der Waals surface area contributed by atoms with Gasteiger partial charge in [0.1, 0.15) is 5.76 Å². The lowest BCUT2D eigenvalue weighted by atomic mass is 10.2. The number of hydrogen-bond donors (Lipinski definition) is 2. The van der Waals surface area contributed by atoms with Gasteiger partial charge in [0.2, 0.25) is 0 Å². The quantitative estimate of drug-likeness (QED) is 0.775. The van der Waals surface area contributed by atoms with Crippen LogP contribution in [0.25, 0.3) is 0 Å². The predicted molar refractivity (Wildman–Crippen MR) is 52.6 cm³/mol. The summed E-state index contributed by atoms with van der Waals surface area (Å²) in [5, 5.41) is 3.32. The minimum atomic E-state index is 0.216.